The number of nitrogens with zero attached hydrogens (tertiary/aromatic N) is 1. The summed E-state index contributed by atoms with van der Waals surface area (Å²) in [5, 5.41) is 6.22. The molecule has 1 saturated heterocycles. The van der Waals surface area contributed by atoms with Gasteiger partial charge in [-0.05, 0) is 25.8 Å². The normalized spacial score (nSPS) is 27.0. The molecule has 2 atom stereocenters. The second-order valence-corrected chi connectivity index (χ2v) is 7.17. The molecule has 1 fully saturated rings. The summed E-state index contributed by atoms with van der Waals surface area (Å²) in [6.45, 7) is 3.49. The molecule has 3 aliphatic heterocycles. The van der Waals surface area contributed by atoms with Gasteiger partial charge in [0.15, 0.2) is 0 Å². The lowest BCUT2D eigenvalue weighted by molar-refractivity contribution is -0.133. The Morgan fingerprint density at radius 2 is 2.04 bits per heavy atom. The van der Waals surface area contributed by atoms with Crippen LogP contribution in [0, 0.1) is 12.7 Å². The first-order valence-corrected chi connectivity index (χ1v) is 9.07. The van der Waals surface area contributed by atoms with Crippen LogP contribution < -0.4 is 10.6 Å². The van der Waals surface area contributed by atoms with Crippen LogP contribution in [0.15, 0.2) is 29.6 Å². The lowest BCUT2D eigenvalue weighted by Gasteiger charge is -2.42. The first kappa shape index (κ1) is 17.3. The van der Waals surface area contributed by atoms with Crippen molar-refractivity contribution in [1.29, 1.82) is 0 Å². The van der Waals surface area contributed by atoms with Gasteiger partial charge in [-0.15, -0.1) is 0 Å². The number of amides is 1. The highest BCUT2D eigenvalue weighted by Crippen LogP contribution is 2.34. The largest absolute Gasteiger partial charge is 0.381 e. The number of carbonyl (C=O) groups excluding carboxylic acids is 1. The van der Waals surface area contributed by atoms with Crippen LogP contribution >= 0.6 is 0 Å². The molecule has 2 N–H and O–H groups in total. The smallest absolute Gasteiger partial charge is 0.255 e. The maximum atomic E-state index is 14.9. The van der Waals surface area contributed by atoms with Crippen molar-refractivity contribution in [1.82, 2.24) is 15.5 Å². The van der Waals surface area contributed by atoms with Gasteiger partial charge in [0.1, 0.15) is 17.8 Å². The first-order valence-electron chi connectivity index (χ1n) is 9.07. The number of hydrogen-bond donors (Lipinski definition) is 2. The molecule has 0 bridgehead atoms. The SMILES string of the molecule is Cc1ccc(F)c([C@@H]2NC3=C(C[C@@H]2F)C(=O)N(C2CCOCC2)CN3)c1. The summed E-state index contributed by atoms with van der Waals surface area (Å²) in [7, 11) is 0. The number of aryl methyl sites for hydroxylation is 1. The minimum absolute atomic E-state index is 0.0219. The van der Waals surface area contributed by atoms with Gasteiger partial charge >= 0.3 is 0 Å². The Hall–Kier alpha value is -2.15. The van der Waals surface area contributed by atoms with E-state index >= 15 is 0 Å². The van der Waals surface area contributed by atoms with Gasteiger partial charge in [-0.3, -0.25) is 4.79 Å². The van der Waals surface area contributed by atoms with E-state index in [1.165, 1.54) is 6.07 Å². The van der Waals surface area contributed by atoms with Gasteiger partial charge in [0, 0.05) is 31.2 Å². The molecule has 0 aromatic heterocycles. The van der Waals surface area contributed by atoms with Crippen molar-refractivity contribution in [2.24, 2.45) is 0 Å². The molecule has 26 heavy (non-hydrogen) atoms. The Balaban J connectivity index is 1.57. The zero-order valence-corrected chi connectivity index (χ0v) is 14.7. The van der Waals surface area contributed by atoms with Crippen LogP contribution in [0.2, 0.25) is 0 Å². The fourth-order valence-corrected chi connectivity index (χ4v) is 3.98. The van der Waals surface area contributed by atoms with Crippen molar-refractivity contribution in [2.75, 3.05) is 19.9 Å². The molecule has 0 saturated carbocycles. The van der Waals surface area contributed by atoms with Gasteiger partial charge in [0.25, 0.3) is 5.91 Å². The second-order valence-electron chi connectivity index (χ2n) is 7.17. The summed E-state index contributed by atoms with van der Waals surface area (Å²) in [4.78, 5) is 14.6. The highest BCUT2D eigenvalue weighted by Gasteiger charge is 2.40. The van der Waals surface area contributed by atoms with E-state index in [-0.39, 0.29) is 18.4 Å². The van der Waals surface area contributed by atoms with Crippen molar-refractivity contribution < 1.29 is 18.3 Å². The van der Waals surface area contributed by atoms with E-state index in [0.29, 0.717) is 36.8 Å². The first-order chi connectivity index (χ1) is 12.5. The molecule has 0 radical (unpaired) electrons. The van der Waals surface area contributed by atoms with Gasteiger partial charge in [-0.1, -0.05) is 17.7 Å². The quantitative estimate of drug-likeness (QED) is 0.847. The lowest BCUT2D eigenvalue weighted by Crippen LogP contribution is -2.56. The summed E-state index contributed by atoms with van der Waals surface area (Å²) in [5.41, 5.74) is 1.58. The van der Waals surface area contributed by atoms with Crippen molar-refractivity contribution in [3.8, 4) is 0 Å². The Labute approximate surface area is 151 Å². The second kappa shape index (κ2) is 6.87. The number of ether oxygens (including phenoxy) is 1. The Bertz CT molecular complexity index is 746. The van der Waals surface area contributed by atoms with E-state index in [9.17, 15) is 13.6 Å². The zero-order valence-electron chi connectivity index (χ0n) is 14.7. The summed E-state index contributed by atoms with van der Waals surface area (Å²) in [5.74, 6) is -0.0483. The predicted molar refractivity (Wildman–Crippen MR) is 92.2 cm³/mol. The fourth-order valence-electron chi connectivity index (χ4n) is 3.98. The van der Waals surface area contributed by atoms with Gasteiger partial charge < -0.3 is 20.3 Å². The van der Waals surface area contributed by atoms with Crippen LogP contribution in [0.1, 0.15) is 36.4 Å². The predicted octanol–water partition coefficient (Wildman–Crippen LogP) is 2.29. The molecular weight excluding hydrogens is 340 g/mol. The summed E-state index contributed by atoms with van der Waals surface area (Å²) < 4.78 is 34.4. The average Bonchev–Trinajstić information content (AvgIpc) is 2.65. The van der Waals surface area contributed by atoms with Crippen LogP contribution in [0.25, 0.3) is 0 Å². The topological polar surface area (TPSA) is 53.6 Å². The summed E-state index contributed by atoms with van der Waals surface area (Å²) in [6.07, 6.45) is 0.191. The van der Waals surface area contributed by atoms with Crippen molar-refractivity contribution in [3.63, 3.8) is 0 Å². The lowest BCUT2D eigenvalue weighted by atomic mass is 9.90. The minimum Gasteiger partial charge on any atom is -0.381 e. The van der Waals surface area contributed by atoms with Gasteiger partial charge in [-0.25, -0.2) is 8.78 Å². The van der Waals surface area contributed by atoms with Crippen LogP contribution in [0.3, 0.4) is 0 Å². The number of hydrogen-bond acceptors (Lipinski definition) is 4. The molecule has 140 valence electrons. The number of benzene rings is 1. The molecule has 0 aliphatic carbocycles. The maximum Gasteiger partial charge on any atom is 0.255 e. The maximum absolute atomic E-state index is 14.9. The third-order valence-electron chi connectivity index (χ3n) is 5.43. The third kappa shape index (κ3) is 3.05. The van der Waals surface area contributed by atoms with E-state index in [2.05, 4.69) is 10.6 Å². The number of carbonyl (C=O) groups is 1. The molecular formula is C19H23F2N3O2. The molecule has 7 heteroatoms. The molecule has 1 aromatic carbocycles. The third-order valence-corrected chi connectivity index (χ3v) is 5.43. The molecule has 0 unspecified atom stereocenters. The fraction of sp³-hybridized carbons (Fsp3) is 0.526. The Kier molecular flexibility index (Phi) is 4.56. The van der Waals surface area contributed by atoms with Gasteiger partial charge in [-0.2, -0.15) is 0 Å². The number of nitrogens with one attached hydrogen (secondary N) is 2. The monoisotopic (exact) mass is 363 g/mol. The molecule has 3 aliphatic rings. The van der Waals surface area contributed by atoms with E-state index in [1.54, 1.807) is 17.0 Å². The zero-order chi connectivity index (χ0) is 18.3. The molecule has 0 spiro atoms. The van der Waals surface area contributed by atoms with E-state index in [0.717, 1.165) is 18.4 Å². The number of halogens is 2. The van der Waals surface area contributed by atoms with Crippen LogP contribution in [0.4, 0.5) is 8.78 Å². The molecule has 4 rings (SSSR count). The van der Waals surface area contributed by atoms with Crippen LogP contribution in [-0.4, -0.2) is 42.9 Å². The van der Waals surface area contributed by atoms with Crippen molar-refractivity contribution in [2.45, 2.75) is 44.4 Å². The van der Waals surface area contributed by atoms with Crippen LogP contribution in [-0.2, 0) is 9.53 Å². The van der Waals surface area contributed by atoms with E-state index in [4.69, 9.17) is 4.74 Å². The molecule has 1 amide bonds. The molecule has 5 nitrogen and oxygen atoms in total. The number of alkyl halides is 1. The highest BCUT2D eigenvalue weighted by molar-refractivity contribution is 5.95. The summed E-state index contributed by atoms with van der Waals surface area (Å²) in [6, 6.07) is 3.99. The van der Waals surface area contributed by atoms with Gasteiger partial charge in [0.05, 0.1) is 18.3 Å². The molecule has 3 heterocycles. The standard InChI is InChI=1S/C19H23F2N3O2/c1-11-2-3-15(20)13(8-11)17-16(21)9-14-18(23-17)22-10-24(19(14)25)12-4-6-26-7-5-12/h2-3,8,12,16-17,22-23H,4-7,9-10H2,1H3/t16-,17-/m0/s1. The average molecular weight is 363 g/mol. The highest BCUT2D eigenvalue weighted by atomic mass is 19.1. The minimum atomic E-state index is -1.37. The molecule has 1 aromatic rings. The number of rotatable bonds is 2. The van der Waals surface area contributed by atoms with E-state index in [1.807, 2.05) is 6.92 Å². The summed E-state index contributed by atoms with van der Waals surface area (Å²) >= 11 is 0. The van der Waals surface area contributed by atoms with E-state index < -0.39 is 18.0 Å². The Morgan fingerprint density at radius 1 is 1.27 bits per heavy atom. The van der Waals surface area contributed by atoms with Crippen LogP contribution in [0.5, 0.6) is 0 Å². The Morgan fingerprint density at radius 3 is 2.81 bits per heavy atom. The van der Waals surface area contributed by atoms with Crippen molar-refractivity contribution in [3.05, 3.63) is 46.5 Å². The van der Waals surface area contributed by atoms with Gasteiger partial charge in [0.2, 0.25) is 0 Å². The van der Waals surface area contributed by atoms with Crippen molar-refractivity contribution >= 4 is 5.91 Å².